The van der Waals surface area contributed by atoms with Crippen molar-refractivity contribution in [2.45, 2.75) is 52.0 Å². The molecular formula is C17H25N3O3. The summed E-state index contributed by atoms with van der Waals surface area (Å²) in [5.41, 5.74) is 1.74. The second kappa shape index (κ2) is 6.34. The maximum Gasteiger partial charge on any atom is 0.308 e. The second-order valence-electron chi connectivity index (χ2n) is 7.22. The number of amides is 1. The molecule has 1 saturated carbocycles. The van der Waals surface area contributed by atoms with E-state index < -0.39 is 11.9 Å². The van der Waals surface area contributed by atoms with Crippen molar-refractivity contribution in [1.82, 2.24) is 14.7 Å². The Balaban J connectivity index is 1.82. The van der Waals surface area contributed by atoms with E-state index in [0.717, 1.165) is 31.5 Å². The van der Waals surface area contributed by atoms with E-state index >= 15 is 0 Å². The lowest BCUT2D eigenvalue weighted by Crippen LogP contribution is -2.42. The molecule has 1 unspecified atom stereocenters. The molecule has 1 aromatic heterocycles. The predicted octanol–water partition coefficient (Wildman–Crippen LogP) is 2.35. The smallest absolute Gasteiger partial charge is 0.308 e. The van der Waals surface area contributed by atoms with Gasteiger partial charge in [0.05, 0.1) is 23.4 Å². The van der Waals surface area contributed by atoms with E-state index in [2.05, 4.69) is 18.9 Å². The lowest BCUT2D eigenvalue weighted by atomic mass is 9.97. The molecule has 1 aromatic rings. The molecule has 1 aliphatic heterocycles. The molecule has 3 rings (SSSR count). The number of hydrogen-bond donors (Lipinski definition) is 1. The van der Waals surface area contributed by atoms with Gasteiger partial charge >= 0.3 is 5.97 Å². The predicted molar refractivity (Wildman–Crippen MR) is 85.3 cm³/mol. The highest BCUT2D eigenvalue weighted by molar-refractivity contribution is 5.95. The SMILES string of the molecule is CC(C)Cn1ncc(C(=O)N2CCCC(C(=O)O)C2)c1C1CC1. The minimum Gasteiger partial charge on any atom is -0.481 e. The van der Waals surface area contributed by atoms with Crippen LogP contribution < -0.4 is 0 Å². The molecule has 6 nitrogen and oxygen atoms in total. The molecule has 126 valence electrons. The summed E-state index contributed by atoms with van der Waals surface area (Å²) in [7, 11) is 0. The van der Waals surface area contributed by atoms with Crippen LogP contribution in [0.4, 0.5) is 0 Å². The van der Waals surface area contributed by atoms with Crippen molar-refractivity contribution in [3.05, 3.63) is 17.5 Å². The van der Waals surface area contributed by atoms with Gasteiger partial charge in [-0.2, -0.15) is 5.10 Å². The molecule has 23 heavy (non-hydrogen) atoms. The van der Waals surface area contributed by atoms with Crippen LogP contribution in [-0.4, -0.2) is 44.8 Å². The number of aliphatic carboxylic acids is 1. The molecule has 6 heteroatoms. The molecule has 0 radical (unpaired) electrons. The number of likely N-dealkylation sites (tertiary alicyclic amines) is 1. The van der Waals surface area contributed by atoms with Crippen LogP contribution in [0.5, 0.6) is 0 Å². The summed E-state index contributed by atoms with van der Waals surface area (Å²) in [6.45, 7) is 6.05. The van der Waals surface area contributed by atoms with Crippen molar-refractivity contribution in [2.75, 3.05) is 13.1 Å². The Morgan fingerprint density at radius 1 is 1.35 bits per heavy atom. The van der Waals surface area contributed by atoms with Crippen LogP contribution in [0.3, 0.4) is 0 Å². The zero-order valence-electron chi connectivity index (χ0n) is 13.9. The number of carbonyl (C=O) groups excluding carboxylic acids is 1. The quantitative estimate of drug-likeness (QED) is 0.904. The minimum absolute atomic E-state index is 0.0483. The average Bonchev–Trinajstić information content (AvgIpc) is 3.27. The Labute approximate surface area is 136 Å². The molecule has 0 aromatic carbocycles. The van der Waals surface area contributed by atoms with Gasteiger partial charge in [0, 0.05) is 25.6 Å². The molecule has 1 amide bonds. The fraction of sp³-hybridized carbons (Fsp3) is 0.706. The van der Waals surface area contributed by atoms with Gasteiger partial charge < -0.3 is 10.0 Å². The van der Waals surface area contributed by atoms with Crippen LogP contribution in [0.25, 0.3) is 0 Å². The Kier molecular flexibility index (Phi) is 4.41. The highest BCUT2D eigenvalue weighted by atomic mass is 16.4. The Bertz CT molecular complexity index is 604. The standard InChI is InChI=1S/C17H25N3O3/c1-11(2)9-20-15(12-5-6-12)14(8-18-20)16(21)19-7-3-4-13(10-19)17(22)23/h8,11-13H,3-7,9-10H2,1-2H3,(H,22,23). The Hall–Kier alpha value is -1.85. The summed E-state index contributed by atoms with van der Waals surface area (Å²) >= 11 is 0. The van der Waals surface area contributed by atoms with Crippen molar-refractivity contribution in [3.8, 4) is 0 Å². The largest absolute Gasteiger partial charge is 0.481 e. The maximum absolute atomic E-state index is 12.9. The summed E-state index contributed by atoms with van der Waals surface area (Å²) < 4.78 is 1.98. The summed E-state index contributed by atoms with van der Waals surface area (Å²) in [5, 5.41) is 13.7. The minimum atomic E-state index is -0.805. The second-order valence-corrected chi connectivity index (χ2v) is 7.22. The van der Waals surface area contributed by atoms with E-state index in [-0.39, 0.29) is 5.91 Å². The first-order chi connectivity index (χ1) is 11.0. The molecular weight excluding hydrogens is 294 g/mol. The van der Waals surface area contributed by atoms with Crippen LogP contribution in [-0.2, 0) is 11.3 Å². The van der Waals surface area contributed by atoms with E-state index in [1.807, 2.05) is 4.68 Å². The average molecular weight is 319 g/mol. The Morgan fingerprint density at radius 2 is 2.09 bits per heavy atom. The molecule has 1 N–H and O–H groups in total. The zero-order chi connectivity index (χ0) is 16.6. The molecule has 1 aliphatic carbocycles. The van der Waals surface area contributed by atoms with E-state index in [4.69, 9.17) is 0 Å². The van der Waals surface area contributed by atoms with E-state index in [1.54, 1.807) is 11.1 Å². The third-order valence-corrected chi connectivity index (χ3v) is 4.67. The van der Waals surface area contributed by atoms with Gasteiger partial charge in [-0.1, -0.05) is 13.8 Å². The lowest BCUT2D eigenvalue weighted by Gasteiger charge is -2.30. The molecule has 1 saturated heterocycles. The van der Waals surface area contributed by atoms with Crippen LogP contribution in [0.1, 0.15) is 61.5 Å². The topological polar surface area (TPSA) is 75.4 Å². The summed E-state index contributed by atoms with van der Waals surface area (Å²) in [4.78, 5) is 25.8. The first-order valence-corrected chi connectivity index (χ1v) is 8.55. The lowest BCUT2D eigenvalue weighted by molar-refractivity contribution is -0.143. The van der Waals surface area contributed by atoms with Gasteiger partial charge in [0.25, 0.3) is 5.91 Å². The summed E-state index contributed by atoms with van der Waals surface area (Å²) in [5.74, 6) is -0.381. The molecule has 2 fully saturated rings. The first kappa shape index (κ1) is 16.0. The van der Waals surface area contributed by atoms with Crippen molar-refractivity contribution >= 4 is 11.9 Å². The van der Waals surface area contributed by atoms with E-state index in [0.29, 0.717) is 36.9 Å². The van der Waals surface area contributed by atoms with Gasteiger partial charge in [-0.25, -0.2) is 0 Å². The van der Waals surface area contributed by atoms with Crippen LogP contribution >= 0.6 is 0 Å². The molecule has 2 heterocycles. The number of carbonyl (C=O) groups is 2. The Morgan fingerprint density at radius 3 is 2.70 bits per heavy atom. The number of nitrogens with zero attached hydrogens (tertiary/aromatic N) is 3. The van der Waals surface area contributed by atoms with Crippen LogP contribution in [0, 0.1) is 11.8 Å². The first-order valence-electron chi connectivity index (χ1n) is 8.55. The number of rotatable bonds is 5. The highest BCUT2D eigenvalue weighted by Crippen LogP contribution is 2.42. The van der Waals surface area contributed by atoms with Gasteiger partial charge in [-0.15, -0.1) is 0 Å². The summed E-state index contributed by atoms with van der Waals surface area (Å²) in [6.07, 6.45) is 5.31. The number of aromatic nitrogens is 2. The van der Waals surface area contributed by atoms with Gasteiger partial charge in [-0.05, 0) is 31.6 Å². The highest BCUT2D eigenvalue weighted by Gasteiger charge is 2.35. The monoisotopic (exact) mass is 319 g/mol. The molecule has 0 bridgehead atoms. The molecule has 0 spiro atoms. The number of carboxylic acids is 1. The van der Waals surface area contributed by atoms with Gasteiger partial charge in [0.15, 0.2) is 0 Å². The maximum atomic E-state index is 12.9. The number of piperidine rings is 1. The fourth-order valence-electron chi connectivity index (χ4n) is 3.37. The van der Waals surface area contributed by atoms with Gasteiger partial charge in [-0.3, -0.25) is 14.3 Å². The van der Waals surface area contributed by atoms with E-state index in [9.17, 15) is 14.7 Å². The van der Waals surface area contributed by atoms with Crippen molar-refractivity contribution < 1.29 is 14.7 Å². The van der Waals surface area contributed by atoms with Crippen molar-refractivity contribution in [3.63, 3.8) is 0 Å². The van der Waals surface area contributed by atoms with Crippen LogP contribution in [0.2, 0.25) is 0 Å². The van der Waals surface area contributed by atoms with E-state index in [1.165, 1.54) is 0 Å². The zero-order valence-corrected chi connectivity index (χ0v) is 13.9. The third-order valence-electron chi connectivity index (χ3n) is 4.67. The van der Waals surface area contributed by atoms with Gasteiger partial charge in [0.1, 0.15) is 0 Å². The normalized spacial score (nSPS) is 21.7. The van der Waals surface area contributed by atoms with Crippen molar-refractivity contribution in [1.29, 1.82) is 0 Å². The van der Waals surface area contributed by atoms with Gasteiger partial charge in [0.2, 0.25) is 0 Å². The van der Waals surface area contributed by atoms with Crippen LogP contribution in [0.15, 0.2) is 6.20 Å². The number of hydrogen-bond acceptors (Lipinski definition) is 3. The molecule has 1 atom stereocenters. The summed E-state index contributed by atoms with van der Waals surface area (Å²) in [6, 6.07) is 0. The number of carboxylic acid groups (broad SMARTS) is 1. The molecule has 2 aliphatic rings. The van der Waals surface area contributed by atoms with Crippen molar-refractivity contribution in [2.24, 2.45) is 11.8 Å². The fourth-order valence-corrected chi connectivity index (χ4v) is 3.37. The third kappa shape index (κ3) is 3.41.